The number of nitrogens with zero attached hydrogens (tertiary/aromatic N) is 1. The van der Waals surface area contributed by atoms with Gasteiger partial charge in [0.15, 0.2) is 0 Å². The van der Waals surface area contributed by atoms with Crippen molar-refractivity contribution in [3.05, 3.63) is 17.5 Å². The monoisotopic (exact) mass is 151 g/mol. The van der Waals surface area contributed by atoms with Crippen LogP contribution in [0.3, 0.4) is 0 Å². The zero-order chi connectivity index (χ0) is 7.84. The topological polar surface area (TPSA) is 71.8 Å². The average Bonchev–Trinajstić information content (AvgIpc) is 2.40. The van der Waals surface area contributed by atoms with Crippen molar-refractivity contribution in [1.82, 2.24) is 10.2 Å². The standard InChI is InChI=1S/C7H9N3O/c8-7(11)4-1-5-3-9-10-6(5)2-4/h3-4H,1-2H2,(H2,8,11)(H,9,10). The number of aromatic nitrogens is 2. The minimum absolute atomic E-state index is 0.0146. The summed E-state index contributed by atoms with van der Waals surface area (Å²) in [4.78, 5) is 10.8. The molecule has 0 spiro atoms. The van der Waals surface area contributed by atoms with Gasteiger partial charge in [0.05, 0.1) is 6.20 Å². The molecule has 4 nitrogen and oxygen atoms in total. The van der Waals surface area contributed by atoms with E-state index in [1.54, 1.807) is 6.20 Å². The van der Waals surface area contributed by atoms with Crippen molar-refractivity contribution in [2.24, 2.45) is 11.7 Å². The fraction of sp³-hybridized carbons (Fsp3) is 0.429. The van der Waals surface area contributed by atoms with Gasteiger partial charge in [-0.05, 0) is 12.0 Å². The Hall–Kier alpha value is -1.32. The molecule has 1 amide bonds. The molecule has 0 saturated carbocycles. The Labute approximate surface area is 63.8 Å². The van der Waals surface area contributed by atoms with Gasteiger partial charge >= 0.3 is 0 Å². The first-order valence-corrected chi connectivity index (χ1v) is 3.58. The number of hydrogen-bond acceptors (Lipinski definition) is 2. The number of nitrogens with one attached hydrogen (secondary N) is 1. The van der Waals surface area contributed by atoms with Crippen molar-refractivity contribution in [3.8, 4) is 0 Å². The van der Waals surface area contributed by atoms with E-state index in [9.17, 15) is 4.79 Å². The van der Waals surface area contributed by atoms with E-state index in [2.05, 4.69) is 10.2 Å². The quantitative estimate of drug-likeness (QED) is 0.573. The number of fused-ring (bicyclic) bond motifs is 1. The van der Waals surface area contributed by atoms with Crippen LogP contribution in [0.5, 0.6) is 0 Å². The van der Waals surface area contributed by atoms with E-state index < -0.39 is 0 Å². The molecular formula is C7H9N3O. The highest BCUT2D eigenvalue weighted by Crippen LogP contribution is 2.23. The molecule has 0 aromatic carbocycles. The summed E-state index contributed by atoms with van der Waals surface area (Å²) in [6, 6.07) is 0. The van der Waals surface area contributed by atoms with Crippen LogP contribution in [0, 0.1) is 5.92 Å². The average molecular weight is 151 g/mol. The Morgan fingerprint density at radius 3 is 3.18 bits per heavy atom. The number of nitrogens with two attached hydrogens (primary N) is 1. The fourth-order valence-corrected chi connectivity index (χ4v) is 1.48. The molecule has 0 saturated heterocycles. The molecule has 58 valence electrons. The lowest BCUT2D eigenvalue weighted by molar-refractivity contribution is -0.121. The lowest BCUT2D eigenvalue weighted by Crippen LogP contribution is -2.23. The van der Waals surface area contributed by atoms with Crippen LogP contribution in [0.2, 0.25) is 0 Å². The molecular weight excluding hydrogens is 142 g/mol. The molecule has 0 radical (unpaired) electrons. The lowest BCUT2D eigenvalue weighted by atomic mass is 10.1. The summed E-state index contributed by atoms with van der Waals surface area (Å²) in [7, 11) is 0. The molecule has 4 heteroatoms. The van der Waals surface area contributed by atoms with Crippen molar-refractivity contribution in [2.75, 3.05) is 0 Å². The predicted molar refractivity (Wildman–Crippen MR) is 38.7 cm³/mol. The van der Waals surface area contributed by atoms with Crippen LogP contribution in [0.4, 0.5) is 0 Å². The maximum Gasteiger partial charge on any atom is 0.221 e. The third-order valence-corrected chi connectivity index (χ3v) is 2.13. The van der Waals surface area contributed by atoms with Gasteiger partial charge in [-0.2, -0.15) is 5.10 Å². The first kappa shape index (κ1) is 6.39. The van der Waals surface area contributed by atoms with Gasteiger partial charge in [0.25, 0.3) is 0 Å². The number of aromatic amines is 1. The van der Waals surface area contributed by atoms with Crippen molar-refractivity contribution < 1.29 is 4.79 Å². The summed E-state index contributed by atoms with van der Waals surface area (Å²) in [5, 5.41) is 6.71. The highest BCUT2D eigenvalue weighted by atomic mass is 16.1. The number of primary amides is 1. The zero-order valence-corrected chi connectivity index (χ0v) is 6.00. The molecule has 3 N–H and O–H groups in total. The summed E-state index contributed by atoms with van der Waals surface area (Å²) in [5.74, 6) is -0.228. The minimum atomic E-state index is -0.213. The van der Waals surface area contributed by atoms with Gasteiger partial charge in [0, 0.05) is 18.0 Å². The molecule has 1 heterocycles. The lowest BCUT2D eigenvalue weighted by Gasteiger charge is -2.00. The van der Waals surface area contributed by atoms with Crippen molar-refractivity contribution in [2.45, 2.75) is 12.8 Å². The van der Waals surface area contributed by atoms with Crippen molar-refractivity contribution in [3.63, 3.8) is 0 Å². The molecule has 11 heavy (non-hydrogen) atoms. The number of carbonyl (C=O) groups is 1. The first-order valence-electron chi connectivity index (χ1n) is 3.58. The maximum absolute atomic E-state index is 10.8. The van der Waals surface area contributed by atoms with Crippen LogP contribution in [-0.4, -0.2) is 16.1 Å². The summed E-state index contributed by atoms with van der Waals surface area (Å²) in [6.07, 6.45) is 3.24. The molecule has 0 aliphatic heterocycles. The Morgan fingerprint density at radius 1 is 1.73 bits per heavy atom. The second-order valence-electron chi connectivity index (χ2n) is 2.88. The molecule has 1 aliphatic carbocycles. The van der Waals surface area contributed by atoms with Gasteiger partial charge in [-0.3, -0.25) is 9.89 Å². The Kier molecular flexibility index (Phi) is 1.21. The predicted octanol–water partition coefficient (Wildman–Crippen LogP) is -0.390. The zero-order valence-electron chi connectivity index (χ0n) is 6.00. The smallest absolute Gasteiger partial charge is 0.221 e. The Balaban J connectivity index is 2.22. The van der Waals surface area contributed by atoms with Crippen LogP contribution in [-0.2, 0) is 17.6 Å². The van der Waals surface area contributed by atoms with Crippen LogP contribution >= 0.6 is 0 Å². The van der Waals surface area contributed by atoms with Crippen LogP contribution < -0.4 is 5.73 Å². The third kappa shape index (κ3) is 0.906. The highest BCUT2D eigenvalue weighted by molar-refractivity contribution is 5.78. The van der Waals surface area contributed by atoms with Gasteiger partial charge in [-0.25, -0.2) is 0 Å². The summed E-state index contributed by atoms with van der Waals surface area (Å²) >= 11 is 0. The maximum atomic E-state index is 10.8. The third-order valence-electron chi connectivity index (χ3n) is 2.13. The van der Waals surface area contributed by atoms with Crippen LogP contribution in [0.15, 0.2) is 6.20 Å². The second-order valence-corrected chi connectivity index (χ2v) is 2.88. The second kappa shape index (κ2) is 2.08. The van der Waals surface area contributed by atoms with E-state index in [4.69, 9.17) is 5.73 Å². The van der Waals surface area contributed by atoms with Gasteiger partial charge in [0.2, 0.25) is 5.91 Å². The van der Waals surface area contributed by atoms with E-state index in [0.717, 1.165) is 24.1 Å². The van der Waals surface area contributed by atoms with Gasteiger partial charge in [-0.1, -0.05) is 0 Å². The number of rotatable bonds is 1. The van der Waals surface area contributed by atoms with E-state index >= 15 is 0 Å². The van der Waals surface area contributed by atoms with E-state index in [-0.39, 0.29) is 11.8 Å². The Morgan fingerprint density at radius 2 is 2.55 bits per heavy atom. The number of hydrogen-bond donors (Lipinski definition) is 2. The van der Waals surface area contributed by atoms with Crippen LogP contribution in [0.1, 0.15) is 11.3 Å². The van der Waals surface area contributed by atoms with Gasteiger partial charge in [-0.15, -0.1) is 0 Å². The molecule has 1 atom stereocenters. The van der Waals surface area contributed by atoms with E-state index in [1.807, 2.05) is 0 Å². The number of amides is 1. The molecule has 0 fully saturated rings. The summed E-state index contributed by atoms with van der Waals surface area (Å²) in [5.41, 5.74) is 7.36. The minimum Gasteiger partial charge on any atom is -0.369 e. The molecule has 1 aliphatic rings. The molecule has 1 unspecified atom stereocenters. The summed E-state index contributed by atoms with van der Waals surface area (Å²) < 4.78 is 0. The molecule has 1 aromatic heterocycles. The number of H-pyrrole nitrogens is 1. The van der Waals surface area contributed by atoms with Crippen molar-refractivity contribution in [1.29, 1.82) is 0 Å². The Bertz CT molecular complexity index is 271. The van der Waals surface area contributed by atoms with E-state index in [1.165, 1.54) is 0 Å². The van der Waals surface area contributed by atoms with E-state index in [0.29, 0.717) is 0 Å². The van der Waals surface area contributed by atoms with Gasteiger partial charge in [0.1, 0.15) is 0 Å². The first-order chi connectivity index (χ1) is 5.27. The normalized spacial score (nSPS) is 21.6. The molecule has 1 aromatic rings. The van der Waals surface area contributed by atoms with Crippen molar-refractivity contribution >= 4 is 5.91 Å². The molecule has 0 bridgehead atoms. The highest BCUT2D eigenvalue weighted by Gasteiger charge is 2.26. The van der Waals surface area contributed by atoms with Crippen LogP contribution in [0.25, 0.3) is 0 Å². The molecule has 2 rings (SSSR count). The summed E-state index contributed by atoms with van der Waals surface area (Å²) in [6.45, 7) is 0. The SMILES string of the molecule is NC(=O)C1Cc2cn[nH]c2C1. The van der Waals surface area contributed by atoms with Gasteiger partial charge < -0.3 is 5.73 Å². The number of carbonyl (C=O) groups excluding carboxylic acids is 1. The largest absolute Gasteiger partial charge is 0.369 e. The fourth-order valence-electron chi connectivity index (χ4n) is 1.48.